The van der Waals surface area contributed by atoms with Crippen LogP contribution in [0.5, 0.6) is 5.75 Å². The van der Waals surface area contributed by atoms with Gasteiger partial charge in [0.15, 0.2) is 10.7 Å². The first-order valence-corrected chi connectivity index (χ1v) is 10.3. The van der Waals surface area contributed by atoms with Gasteiger partial charge in [0.1, 0.15) is 11.6 Å². The van der Waals surface area contributed by atoms with Gasteiger partial charge in [-0.25, -0.2) is 13.4 Å². The zero-order chi connectivity index (χ0) is 21.0. The summed E-state index contributed by atoms with van der Waals surface area (Å²) in [6.45, 7) is 4.61. The van der Waals surface area contributed by atoms with E-state index in [1.165, 1.54) is 0 Å². The molecule has 0 spiro atoms. The average molecular weight is 413 g/mol. The molecule has 0 atom stereocenters. The van der Waals surface area contributed by atoms with E-state index >= 15 is 0 Å². The lowest BCUT2D eigenvalue weighted by Gasteiger charge is -2.13. The Morgan fingerprint density at radius 3 is 2.41 bits per heavy atom. The van der Waals surface area contributed by atoms with Gasteiger partial charge in [0.2, 0.25) is 5.95 Å². The Hall–Kier alpha value is -3.13. The molecule has 8 heteroatoms. The number of aromatic nitrogens is 2. The minimum Gasteiger partial charge on any atom is -0.496 e. The van der Waals surface area contributed by atoms with Crippen molar-refractivity contribution in [3.05, 3.63) is 59.2 Å². The predicted octanol–water partition coefficient (Wildman–Crippen LogP) is 2.98. The first kappa shape index (κ1) is 20.6. The number of rotatable bonds is 7. The summed E-state index contributed by atoms with van der Waals surface area (Å²) < 4.78 is 27.3. The Morgan fingerprint density at radius 2 is 1.76 bits per heavy atom. The van der Waals surface area contributed by atoms with Crippen LogP contribution in [0.1, 0.15) is 16.7 Å². The van der Waals surface area contributed by atoms with Gasteiger partial charge in [-0.05, 0) is 61.2 Å². The van der Waals surface area contributed by atoms with Gasteiger partial charge in [0.05, 0.1) is 17.7 Å². The van der Waals surface area contributed by atoms with Gasteiger partial charge in [0, 0.05) is 18.2 Å². The standard InChI is InChI=1S/C21H24N4O3S/c1-13-11-19(28-3)14(2)10-17(13)18-12-20(25-21(22)24-18)23-9-8-15-4-6-16(7-5-15)29(26)27/h4-7,10-12,29H,8-9H2,1-3H3,(H3,22,23,24,25). The molecule has 7 nitrogen and oxygen atoms in total. The maximum absolute atomic E-state index is 11.0. The first-order chi connectivity index (χ1) is 13.9. The molecule has 0 unspecified atom stereocenters. The Bertz CT molecular complexity index is 1090. The highest BCUT2D eigenvalue weighted by Crippen LogP contribution is 2.30. The molecule has 1 heterocycles. The molecule has 0 aliphatic carbocycles. The number of nitrogens with zero attached hydrogens (tertiary/aromatic N) is 2. The molecule has 0 aliphatic rings. The second-order valence-electron chi connectivity index (χ2n) is 6.73. The number of aryl methyl sites for hydroxylation is 2. The molecule has 0 fully saturated rings. The van der Waals surface area contributed by atoms with Crippen LogP contribution < -0.4 is 15.8 Å². The smallest absolute Gasteiger partial charge is 0.222 e. The third-order valence-corrected chi connectivity index (χ3v) is 5.35. The molecule has 3 N–H and O–H groups in total. The molecule has 3 rings (SSSR count). The summed E-state index contributed by atoms with van der Waals surface area (Å²) in [6.07, 6.45) is 0.718. The fraction of sp³-hybridized carbons (Fsp3) is 0.238. The summed E-state index contributed by atoms with van der Waals surface area (Å²) in [6, 6.07) is 12.7. The monoisotopic (exact) mass is 412 g/mol. The molecule has 152 valence electrons. The summed E-state index contributed by atoms with van der Waals surface area (Å²) in [5.41, 5.74) is 10.7. The van der Waals surface area contributed by atoms with E-state index in [1.54, 1.807) is 19.2 Å². The highest BCUT2D eigenvalue weighted by atomic mass is 32.2. The van der Waals surface area contributed by atoms with E-state index in [0.29, 0.717) is 17.3 Å². The minimum absolute atomic E-state index is 0.196. The number of nitrogen functional groups attached to an aromatic ring is 1. The van der Waals surface area contributed by atoms with Gasteiger partial charge in [-0.15, -0.1) is 0 Å². The van der Waals surface area contributed by atoms with Gasteiger partial charge in [0.25, 0.3) is 0 Å². The maximum Gasteiger partial charge on any atom is 0.222 e. The molecule has 0 bridgehead atoms. The number of nitrogens with one attached hydrogen (secondary N) is 1. The molecular weight excluding hydrogens is 388 g/mol. The van der Waals surface area contributed by atoms with E-state index < -0.39 is 10.7 Å². The van der Waals surface area contributed by atoms with E-state index in [-0.39, 0.29) is 5.95 Å². The molecule has 1 aromatic heterocycles. The molecule has 0 saturated carbocycles. The lowest BCUT2D eigenvalue weighted by molar-refractivity contribution is 0.411. The Balaban J connectivity index is 1.75. The SMILES string of the molecule is COc1cc(C)c(-c2cc(NCCc3ccc([SH](=O)=O)cc3)nc(N)n2)cc1C. The number of thiol groups is 1. The molecular formula is C21H24N4O3S. The lowest BCUT2D eigenvalue weighted by Crippen LogP contribution is -2.09. The van der Waals surface area contributed by atoms with Crippen LogP contribution in [0.2, 0.25) is 0 Å². The zero-order valence-corrected chi connectivity index (χ0v) is 17.5. The quantitative estimate of drug-likeness (QED) is 0.512. The van der Waals surface area contributed by atoms with Crippen LogP contribution in [-0.2, 0) is 17.1 Å². The summed E-state index contributed by atoms with van der Waals surface area (Å²) in [7, 11) is -0.896. The van der Waals surface area contributed by atoms with Gasteiger partial charge in [-0.1, -0.05) is 12.1 Å². The van der Waals surface area contributed by atoms with E-state index in [4.69, 9.17) is 10.5 Å². The number of hydrogen-bond acceptors (Lipinski definition) is 7. The molecule has 2 aromatic carbocycles. The summed E-state index contributed by atoms with van der Waals surface area (Å²) in [4.78, 5) is 8.96. The van der Waals surface area contributed by atoms with Crippen molar-refractivity contribution < 1.29 is 13.2 Å². The number of hydrogen-bond donors (Lipinski definition) is 3. The van der Waals surface area contributed by atoms with Gasteiger partial charge in [-0.3, -0.25) is 0 Å². The third-order valence-electron chi connectivity index (χ3n) is 4.63. The topological polar surface area (TPSA) is 107 Å². The summed E-state index contributed by atoms with van der Waals surface area (Å²) in [5, 5.41) is 3.26. The van der Waals surface area contributed by atoms with Crippen molar-refractivity contribution in [1.82, 2.24) is 9.97 Å². The molecule has 0 aliphatic heterocycles. The van der Waals surface area contributed by atoms with E-state index in [0.717, 1.165) is 40.1 Å². The zero-order valence-electron chi connectivity index (χ0n) is 16.6. The van der Waals surface area contributed by atoms with Crippen LogP contribution in [0.4, 0.5) is 11.8 Å². The molecule has 0 radical (unpaired) electrons. The van der Waals surface area contributed by atoms with Crippen LogP contribution in [-0.4, -0.2) is 32.0 Å². The van der Waals surface area contributed by atoms with Crippen molar-refractivity contribution in [2.45, 2.75) is 25.2 Å². The molecule has 3 aromatic rings. The molecule has 0 saturated heterocycles. The Labute approximate surface area is 171 Å². The van der Waals surface area contributed by atoms with Crippen LogP contribution in [0.15, 0.2) is 47.4 Å². The summed E-state index contributed by atoms with van der Waals surface area (Å²) in [5.74, 6) is 1.67. The van der Waals surface area contributed by atoms with Gasteiger partial charge < -0.3 is 15.8 Å². The number of anilines is 2. The van der Waals surface area contributed by atoms with E-state index in [1.807, 2.05) is 44.2 Å². The van der Waals surface area contributed by atoms with Crippen LogP contribution in [0, 0.1) is 13.8 Å². The second-order valence-corrected chi connectivity index (χ2v) is 7.76. The number of nitrogens with two attached hydrogens (primary N) is 1. The molecule has 0 amide bonds. The van der Waals surface area contributed by atoms with Gasteiger partial charge >= 0.3 is 0 Å². The van der Waals surface area contributed by atoms with Crippen molar-refractivity contribution in [2.75, 3.05) is 24.7 Å². The second kappa shape index (κ2) is 8.91. The maximum atomic E-state index is 11.0. The minimum atomic E-state index is -2.55. The van der Waals surface area contributed by atoms with Gasteiger partial charge in [-0.2, -0.15) is 4.98 Å². The Morgan fingerprint density at radius 1 is 1.03 bits per heavy atom. The van der Waals surface area contributed by atoms with Crippen molar-refractivity contribution in [2.24, 2.45) is 0 Å². The van der Waals surface area contributed by atoms with E-state index in [2.05, 4.69) is 15.3 Å². The van der Waals surface area contributed by atoms with Crippen molar-refractivity contribution >= 4 is 22.5 Å². The number of methoxy groups -OCH3 is 1. The largest absolute Gasteiger partial charge is 0.496 e. The van der Waals surface area contributed by atoms with E-state index in [9.17, 15) is 8.42 Å². The fourth-order valence-electron chi connectivity index (χ4n) is 3.10. The predicted molar refractivity (Wildman–Crippen MR) is 115 cm³/mol. The Kier molecular flexibility index (Phi) is 6.33. The highest BCUT2D eigenvalue weighted by Gasteiger charge is 2.11. The number of ether oxygens (including phenoxy) is 1. The first-order valence-electron chi connectivity index (χ1n) is 9.14. The average Bonchev–Trinajstić information content (AvgIpc) is 2.69. The molecule has 29 heavy (non-hydrogen) atoms. The van der Waals surface area contributed by atoms with Crippen molar-refractivity contribution in [1.29, 1.82) is 0 Å². The highest BCUT2D eigenvalue weighted by molar-refractivity contribution is 7.72. The van der Waals surface area contributed by atoms with Crippen LogP contribution in [0.25, 0.3) is 11.3 Å². The fourth-order valence-corrected chi connectivity index (χ4v) is 3.49. The lowest BCUT2D eigenvalue weighted by atomic mass is 10.0. The third kappa shape index (κ3) is 5.03. The van der Waals surface area contributed by atoms with Crippen LogP contribution in [0.3, 0.4) is 0 Å². The summed E-state index contributed by atoms with van der Waals surface area (Å²) >= 11 is 0. The van der Waals surface area contributed by atoms with Crippen molar-refractivity contribution in [3.8, 4) is 17.0 Å². The normalized spacial score (nSPS) is 10.9. The van der Waals surface area contributed by atoms with Crippen LogP contribution >= 0.6 is 0 Å². The van der Waals surface area contributed by atoms with Crippen molar-refractivity contribution in [3.63, 3.8) is 0 Å². The number of benzene rings is 2.